The van der Waals surface area contributed by atoms with Crippen molar-refractivity contribution in [3.05, 3.63) is 48.0 Å². The summed E-state index contributed by atoms with van der Waals surface area (Å²) in [7, 11) is 1.50. The molecule has 0 spiro atoms. The van der Waals surface area contributed by atoms with Gasteiger partial charge < -0.3 is 19.5 Å². The number of halogens is 2. The van der Waals surface area contributed by atoms with Gasteiger partial charge in [-0.15, -0.1) is 0 Å². The highest BCUT2D eigenvalue weighted by molar-refractivity contribution is 5.93. The molecule has 0 aliphatic carbocycles. The molecule has 0 bridgehead atoms. The zero-order valence-electron chi connectivity index (χ0n) is 13.2. The molecule has 0 atom stereocenters. The Balaban J connectivity index is 1.99. The van der Waals surface area contributed by atoms with Crippen LogP contribution in [0.5, 0.6) is 17.2 Å². The van der Waals surface area contributed by atoms with Crippen molar-refractivity contribution in [3.8, 4) is 17.2 Å². The molecule has 0 fully saturated rings. The van der Waals surface area contributed by atoms with Crippen molar-refractivity contribution in [2.75, 3.05) is 19.0 Å². The predicted octanol–water partition coefficient (Wildman–Crippen LogP) is 3.62. The first kappa shape index (κ1) is 17.5. The van der Waals surface area contributed by atoms with Crippen LogP contribution in [-0.2, 0) is 4.79 Å². The van der Waals surface area contributed by atoms with Crippen molar-refractivity contribution in [1.29, 1.82) is 0 Å². The highest BCUT2D eigenvalue weighted by Gasteiger charge is 2.13. The lowest BCUT2D eigenvalue weighted by Crippen LogP contribution is -2.21. The van der Waals surface area contributed by atoms with Gasteiger partial charge in [-0.05, 0) is 36.8 Å². The van der Waals surface area contributed by atoms with Gasteiger partial charge in [0.1, 0.15) is 5.75 Å². The number of aryl methyl sites for hydroxylation is 1. The summed E-state index contributed by atoms with van der Waals surface area (Å²) >= 11 is 0. The van der Waals surface area contributed by atoms with Crippen LogP contribution in [0.4, 0.5) is 14.5 Å². The van der Waals surface area contributed by atoms with Crippen molar-refractivity contribution >= 4 is 11.6 Å². The molecule has 5 nitrogen and oxygen atoms in total. The van der Waals surface area contributed by atoms with E-state index >= 15 is 0 Å². The molecule has 0 radical (unpaired) electrons. The van der Waals surface area contributed by atoms with Crippen molar-refractivity contribution in [1.82, 2.24) is 0 Å². The number of hydrogen-bond donors (Lipinski definition) is 1. The first-order chi connectivity index (χ1) is 11.5. The number of anilines is 1. The summed E-state index contributed by atoms with van der Waals surface area (Å²) in [5, 5.41) is 2.47. The number of ether oxygens (including phenoxy) is 3. The molecule has 7 heteroatoms. The second-order valence-corrected chi connectivity index (χ2v) is 4.87. The Morgan fingerprint density at radius 2 is 1.88 bits per heavy atom. The minimum absolute atomic E-state index is 0.117. The Kier molecular flexibility index (Phi) is 5.95. The topological polar surface area (TPSA) is 56.8 Å². The second-order valence-electron chi connectivity index (χ2n) is 4.87. The summed E-state index contributed by atoms with van der Waals surface area (Å²) < 4.78 is 39.6. The van der Waals surface area contributed by atoms with Gasteiger partial charge in [0.2, 0.25) is 0 Å². The number of rotatable bonds is 7. The van der Waals surface area contributed by atoms with E-state index in [0.29, 0.717) is 11.5 Å². The molecule has 1 amide bonds. The van der Waals surface area contributed by atoms with E-state index in [9.17, 15) is 13.6 Å². The molecule has 2 aromatic carbocycles. The Bertz CT molecular complexity index is 707. The van der Waals surface area contributed by atoms with Crippen LogP contribution in [0.2, 0.25) is 0 Å². The number of methoxy groups -OCH3 is 1. The SMILES string of the molecule is COc1cc(C)ccc1OCC(=O)Nc1ccccc1OC(F)F. The van der Waals surface area contributed by atoms with Crippen LogP contribution in [0.15, 0.2) is 42.5 Å². The maximum Gasteiger partial charge on any atom is 0.387 e. The van der Waals surface area contributed by atoms with Crippen LogP contribution in [0.25, 0.3) is 0 Å². The van der Waals surface area contributed by atoms with E-state index in [0.717, 1.165) is 5.56 Å². The summed E-state index contributed by atoms with van der Waals surface area (Å²) in [5.41, 5.74) is 1.13. The van der Waals surface area contributed by atoms with E-state index in [4.69, 9.17) is 9.47 Å². The minimum Gasteiger partial charge on any atom is -0.493 e. The van der Waals surface area contributed by atoms with Gasteiger partial charge in [0.15, 0.2) is 18.1 Å². The van der Waals surface area contributed by atoms with Gasteiger partial charge in [0.25, 0.3) is 5.91 Å². The molecule has 0 aromatic heterocycles. The van der Waals surface area contributed by atoms with E-state index in [1.165, 1.54) is 25.3 Å². The van der Waals surface area contributed by atoms with Crippen LogP contribution < -0.4 is 19.5 Å². The first-order valence-electron chi connectivity index (χ1n) is 7.10. The van der Waals surface area contributed by atoms with E-state index < -0.39 is 12.5 Å². The molecule has 0 heterocycles. The molecule has 2 rings (SSSR count). The summed E-state index contributed by atoms with van der Waals surface area (Å²) in [4.78, 5) is 12.0. The third-order valence-corrected chi connectivity index (χ3v) is 3.06. The van der Waals surface area contributed by atoms with Gasteiger partial charge in [0.05, 0.1) is 12.8 Å². The average Bonchev–Trinajstić information content (AvgIpc) is 2.55. The number of carbonyl (C=O) groups is 1. The third kappa shape index (κ3) is 4.84. The maximum atomic E-state index is 12.3. The van der Waals surface area contributed by atoms with E-state index in [1.54, 1.807) is 18.2 Å². The van der Waals surface area contributed by atoms with Crippen molar-refractivity contribution in [2.24, 2.45) is 0 Å². The number of hydrogen-bond acceptors (Lipinski definition) is 4. The predicted molar refractivity (Wildman–Crippen MR) is 84.9 cm³/mol. The normalized spacial score (nSPS) is 10.4. The van der Waals surface area contributed by atoms with Crippen LogP contribution in [0.1, 0.15) is 5.56 Å². The number of benzene rings is 2. The quantitative estimate of drug-likeness (QED) is 0.838. The first-order valence-corrected chi connectivity index (χ1v) is 7.10. The fourth-order valence-electron chi connectivity index (χ4n) is 1.99. The van der Waals surface area contributed by atoms with Crippen LogP contribution in [0, 0.1) is 6.92 Å². The summed E-state index contributed by atoms with van der Waals surface area (Å²) in [6, 6.07) is 11.2. The van der Waals surface area contributed by atoms with Crippen LogP contribution in [-0.4, -0.2) is 26.2 Å². The molecule has 2 aromatic rings. The molecule has 24 heavy (non-hydrogen) atoms. The second kappa shape index (κ2) is 8.14. The van der Waals surface area contributed by atoms with E-state index in [2.05, 4.69) is 10.1 Å². The highest BCUT2D eigenvalue weighted by Crippen LogP contribution is 2.28. The fraction of sp³-hybridized carbons (Fsp3) is 0.235. The number of amides is 1. The van der Waals surface area contributed by atoms with Crippen molar-refractivity contribution < 1.29 is 27.8 Å². The molecule has 0 saturated heterocycles. The van der Waals surface area contributed by atoms with E-state index in [1.807, 2.05) is 13.0 Å². The van der Waals surface area contributed by atoms with Crippen molar-refractivity contribution in [2.45, 2.75) is 13.5 Å². The summed E-state index contributed by atoms with van der Waals surface area (Å²) in [6.07, 6.45) is 0. The minimum atomic E-state index is -2.98. The number of nitrogens with one attached hydrogen (secondary N) is 1. The van der Waals surface area contributed by atoms with Gasteiger partial charge in [0, 0.05) is 0 Å². The summed E-state index contributed by atoms with van der Waals surface area (Å²) in [5.74, 6) is 0.288. The van der Waals surface area contributed by atoms with Crippen LogP contribution >= 0.6 is 0 Å². The standard InChI is InChI=1S/C17H17F2NO4/c1-11-7-8-14(15(9-11)22-2)23-10-16(21)20-12-5-3-4-6-13(12)24-17(18)19/h3-9,17H,10H2,1-2H3,(H,20,21). The van der Waals surface area contributed by atoms with Gasteiger partial charge >= 0.3 is 6.61 Å². The molecule has 128 valence electrons. The Hall–Kier alpha value is -2.83. The van der Waals surface area contributed by atoms with Gasteiger partial charge in [-0.25, -0.2) is 0 Å². The molecule has 1 N–H and O–H groups in total. The Morgan fingerprint density at radius 3 is 2.58 bits per heavy atom. The Morgan fingerprint density at radius 1 is 1.12 bits per heavy atom. The fourth-order valence-corrected chi connectivity index (χ4v) is 1.99. The lowest BCUT2D eigenvalue weighted by molar-refractivity contribution is -0.118. The smallest absolute Gasteiger partial charge is 0.387 e. The molecule has 0 aliphatic heterocycles. The molecule has 0 aliphatic rings. The average molecular weight is 337 g/mol. The molecular weight excluding hydrogens is 320 g/mol. The zero-order valence-corrected chi connectivity index (χ0v) is 13.2. The summed E-state index contributed by atoms with van der Waals surface area (Å²) in [6.45, 7) is -1.38. The number of alkyl halides is 2. The third-order valence-electron chi connectivity index (χ3n) is 3.06. The molecule has 0 unspecified atom stereocenters. The van der Waals surface area contributed by atoms with E-state index in [-0.39, 0.29) is 18.0 Å². The lowest BCUT2D eigenvalue weighted by atomic mass is 10.2. The monoisotopic (exact) mass is 337 g/mol. The largest absolute Gasteiger partial charge is 0.493 e. The molecular formula is C17H17F2NO4. The van der Waals surface area contributed by atoms with Crippen molar-refractivity contribution in [3.63, 3.8) is 0 Å². The maximum absolute atomic E-state index is 12.3. The van der Waals surface area contributed by atoms with Gasteiger partial charge in [-0.3, -0.25) is 4.79 Å². The van der Waals surface area contributed by atoms with Gasteiger partial charge in [-0.1, -0.05) is 18.2 Å². The molecule has 0 saturated carbocycles. The zero-order chi connectivity index (χ0) is 17.5. The van der Waals surface area contributed by atoms with Gasteiger partial charge in [-0.2, -0.15) is 8.78 Å². The number of para-hydroxylation sites is 2. The highest BCUT2D eigenvalue weighted by atomic mass is 19.3. The Labute approximate surface area is 138 Å². The van der Waals surface area contributed by atoms with Crippen LogP contribution in [0.3, 0.4) is 0 Å². The lowest BCUT2D eigenvalue weighted by Gasteiger charge is -2.13. The number of carbonyl (C=O) groups excluding carboxylic acids is 1.